The zero-order valence-corrected chi connectivity index (χ0v) is 64.2. The highest BCUT2D eigenvalue weighted by molar-refractivity contribution is 5.98. The molecule has 1 saturated heterocycles. The average molecular weight is 1580 g/mol. The van der Waals surface area contributed by atoms with Crippen molar-refractivity contribution in [2.75, 3.05) is 105 Å². The number of nitrogens with two attached hydrogens (primary N) is 9. The molecule has 1 unspecified atom stereocenters. The minimum absolute atomic E-state index is 0.0128. The van der Waals surface area contributed by atoms with Crippen LogP contribution in [0.15, 0.2) is 58.5 Å². The largest absolute Gasteiger partial charge is 0.508 e. The van der Waals surface area contributed by atoms with E-state index in [-0.39, 0.29) is 145 Å². The fourth-order valence-corrected chi connectivity index (χ4v) is 11.7. The van der Waals surface area contributed by atoms with Crippen molar-refractivity contribution < 1.29 is 77.6 Å². The Morgan fingerprint density at radius 2 is 0.920 bits per heavy atom. The number of hydrogen-bond acceptors (Lipinski definition) is 24. The van der Waals surface area contributed by atoms with Crippen molar-refractivity contribution in [3.8, 4) is 11.5 Å². The van der Waals surface area contributed by atoms with Gasteiger partial charge in [0.1, 0.15) is 66.4 Å². The van der Waals surface area contributed by atoms with Crippen LogP contribution >= 0.6 is 0 Å². The van der Waals surface area contributed by atoms with E-state index >= 15 is 0 Å². The Morgan fingerprint density at radius 1 is 0.455 bits per heavy atom. The number of aliphatic imine (C=N–C) groups is 2. The molecule has 2 aromatic carbocycles. The maximum Gasteiger partial charge on any atom is 0.246 e. The lowest BCUT2D eigenvalue weighted by Crippen LogP contribution is -2.60. The minimum atomic E-state index is -1.77. The average Bonchev–Trinajstić information content (AvgIpc) is 1.61. The van der Waals surface area contributed by atoms with E-state index in [2.05, 4.69) is 73.8 Å². The van der Waals surface area contributed by atoms with Gasteiger partial charge in [0.2, 0.25) is 70.9 Å². The molecule has 40 nitrogen and oxygen atoms in total. The topological polar surface area (TPSA) is 681 Å². The summed E-state index contributed by atoms with van der Waals surface area (Å²) in [6.45, 7) is 2.45. The number of nitrogens with zero attached hydrogens (tertiary/aromatic N) is 3. The number of amides is 12. The van der Waals surface area contributed by atoms with Gasteiger partial charge in [0.05, 0.1) is 25.8 Å². The van der Waals surface area contributed by atoms with E-state index in [1.807, 2.05) is 0 Å². The lowest BCUT2D eigenvalue weighted by Gasteiger charge is -2.30. The number of likely N-dealkylation sites (tertiary alicyclic amines) is 1. The summed E-state index contributed by atoms with van der Waals surface area (Å²) < 4.78 is 5.90. The number of hydrogen-bond donors (Lipinski definition) is 24. The Bertz CT molecular complexity index is 3280. The fourth-order valence-electron chi connectivity index (χ4n) is 11.7. The van der Waals surface area contributed by atoms with Crippen LogP contribution in [-0.4, -0.2) is 262 Å². The number of aliphatic hydroxyl groups excluding tert-OH is 1. The molecule has 0 aliphatic carbocycles. The molecule has 40 heteroatoms. The van der Waals surface area contributed by atoms with Crippen LogP contribution in [0, 0.1) is 0 Å². The molecule has 628 valence electrons. The first-order chi connectivity index (χ1) is 53.7. The fraction of sp³-hybridized carbons (Fsp3) is 0.639. The third kappa shape index (κ3) is 40.7. The molecule has 0 spiro atoms. The molecule has 1 aliphatic rings. The number of guanidine groups is 2. The number of unbranched alkanes of at least 4 members (excludes halogenated alkanes) is 4. The van der Waals surface area contributed by atoms with Crippen LogP contribution in [0.25, 0.3) is 0 Å². The maximum absolute atomic E-state index is 14.8. The third-order valence-electron chi connectivity index (χ3n) is 17.9. The number of aromatic hydroxyl groups is 2. The van der Waals surface area contributed by atoms with Gasteiger partial charge in [0.25, 0.3) is 0 Å². The SMILES string of the molecule is NCCCC[C@H](NC(=O)[C@H](CCCCN)NC(=O)[C@H](CCCN=C(N)N)NC(=O)CNC(=O)[C@@H]1CCCN1C(=O)[C@H](Cc1ccc(O)cc1)NC(=O)[C@H](CO)NC(=O)[C@H](Cc1ccc(O)cc1)NC(=O)CNC(=O)CCCCCNC(=O)COC(CCNCCCN)CNCCCN)C(=O)N[C@@H](CCCN=C(N)N)C(N)=O. The molecular formula is C72H124N24O16. The molecule has 1 fully saturated rings. The predicted octanol–water partition coefficient (Wildman–Crippen LogP) is -7.33. The molecular weight excluding hydrogens is 1460 g/mol. The normalized spacial score (nSPS) is 14.5. The number of ether oxygens (including phenoxy) is 1. The molecule has 0 bridgehead atoms. The van der Waals surface area contributed by atoms with E-state index in [1.54, 1.807) is 0 Å². The first-order valence-corrected chi connectivity index (χ1v) is 38.3. The molecule has 0 aromatic heterocycles. The predicted molar refractivity (Wildman–Crippen MR) is 419 cm³/mol. The second-order valence-electron chi connectivity index (χ2n) is 27.1. The molecule has 0 saturated carbocycles. The smallest absolute Gasteiger partial charge is 0.246 e. The van der Waals surface area contributed by atoms with Crippen LogP contribution in [-0.2, 0) is 75.1 Å². The highest BCUT2D eigenvalue weighted by Crippen LogP contribution is 2.22. The standard InChI is InChI=1S/C72H124N24O16/c73-28-5-3-13-53(65(106)91-51(63(77)104)15-8-35-85-71(78)79)93-66(107)54(14-4-6-29-74)92-64(105)52(16-9-36-86-72(80)81)89-61(102)43-88-69(110)58-17-10-38-96(58)70(111)56(40-47-21-25-49(99)26-22-47)94-68(109)57(44-97)95-67(108)55(39-46-19-23-48(98)24-20-46)90-60(101)42-87-59(100)18-2-1-7-34-84-62(103)45-112-50(41-83-33-12-31-76)27-37-82-32-11-30-75/h19-26,50-58,82-83,97-99H,1-18,27-45,73-76H2,(H2,77,104)(H,84,103)(H,87,100)(H,88,110)(H,89,102)(H,90,101)(H,91,106)(H,92,105)(H,93,107)(H,94,109)(H,95,108)(H4,78,79,85)(H4,80,81,86)/t50?,51-,52-,53-,54-,55-,56-,57-,58-/m0/s1. The van der Waals surface area contributed by atoms with Gasteiger partial charge < -0.3 is 140 Å². The van der Waals surface area contributed by atoms with Gasteiger partial charge in [-0.25, -0.2) is 0 Å². The highest BCUT2D eigenvalue weighted by atomic mass is 16.5. The van der Waals surface area contributed by atoms with Gasteiger partial charge in [-0.2, -0.15) is 0 Å². The molecule has 0 radical (unpaired) electrons. The summed E-state index contributed by atoms with van der Waals surface area (Å²) in [5.41, 5.74) is 51.1. The summed E-state index contributed by atoms with van der Waals surface area (Å²) in [5, 5.41) is 63.4. The van der Waals surface area contributed by atoms with Gasteiger partial charge >= 0.3 is 0 Å². The number of benzene rings is 2. The van der Waals surface area contributed by atoms with Crippen LogP contribution in [0.1, 0.15) is 133 Å². The zero-order valence-electron chi connectivity index (χ0n) is 64.2. The number of carbonyl (C=O) groups excluding carboxylic acids is 12. The number of carbonyl (C=O) groups is 12. The van der Waals surface area contributed by atoms with Gasteiger partial charge in [-0.1, -0.05) is 30.7 Å². The van der Waals surface area contributed by atoms with E-state index in [9.17, 15) is 72.9 Å². The van der Waals surface area contributed by atoms with Gasteiger partial charge in [0.15, 0.2) is 11.9 Å². The van der Waals surface area contributed by atoms with E-state index < -0.39 is 133 Å². The zero-order chi connectivity index (χ0) is 82.6. The number of nitrogens with one attached hydrogen (secondary N) is 12. The lowest BCUT2D eigenvalue weighted by atomic mass is 10.0. The molecule has 2 aromatic rings. The summed E-state index contributed by atoms with van der Waals surface area (Å²) in [7, 11) is 0. The van der Waals surface area contributed by atoms with Crippen LogP contribution in [0.5, 0.6) is 11.5 Å². The van der Waals surface area contributed by atoms with Crippen LogP contribution in [0.2, 0.25) is 0 Å². The Labute approximate surface area is 653 Å². The molecule has 3 rings (SSSR count). The Balaban J connectivity index is 1.73. The molecule has 112 heavy (non-hydrogen) atoms. The maximum atomic E-state index is 14.8. The molecule has 1 aliphatic heterocycles. The Kier molecular flexibility index (Phi) is 48.2. The summed E-state index contributed by atoms with van der Waals surface area (Å²) in [6, 6.07) is 0.297. The van der Waals surface area contributed by atoms with Gasteiger partial charge in [0, 0.05) is 52.0 Å². The molecule has 1 heterocycles. The van der Waals surface area contributed by atoms with Crippen molar-refractivity contribution in [3.63, 3.8) is 0 Å². The third-order valence-corrected chi connectivity index (χ3v) is 17.9. The summed E-state index contributed by atoms with van der Waals surface area (Å²) in [4.78, 5) is 174. The van der Waals surface area contributed by atoms with Crippen molar-refractivity contribution in [2.45, 2.75) is 189 Å². The Hall–Kier alpha value is -10.1. The van der Waals surface area contributed by atoms with E-state index in [0.29, 0.717) is 95.2 Å². The van der Waals surface area contributed by atoms with Crippen molar-refractivity contribution >= 4 is 82.8 Å². The van der Waals surface area contributed by atoms with E-state index in [0.717, 1.165) is 25.9 Å². The number of primary amides is 1. The number of phenolic OH excluding ortho intramolecular Hbond substituents is 2. The molecule has 33 N–H and O–H groups in total. The van der Waals surface area contributed by atoms with E-state index in [1.165, 1.54) is 53.4 Å². The van der Waals surface area contributed by atoms with Gasteiger partial charge in [-0.15, -0.1) is 0 Å². The molecule has 9 atom stereocenters. The van der Waals surface area contributed by atoms with E-state index in [4.69, 9.17) is 56.3 Å². The second kappa shape index (κ2) is 56.2. The number of rotatable bonds is 60. The number of aliphatic hydroxyl groups is 1. The van der Waals surface area contributed by atoms with Crippen molar-refractivity contribution in [1.82, 2.24) is 68.7 Å². The van der Waals surface area contributed by atoms with Crippen molar-refractivity contribution in [1.29, 1.82) is 0 Å². The van der Waals surface area contributed by atoms with Crippen LogP contribution in [0.4, 0.5) is 0 Å². The number of phenols is 2. The quantitative estimate of drug-likeness (QED) is 0.0166. The van der Waals surface area contributed by atoms with Crippen molar-refractivity contribution in [3.05, 3.63) is 59.7 Å². The second-order valence-corrected chi connectivity index (χ2v) is 27.1. The van der Waals surface area contributed by atoms with Gasteiger partial charge in [-0.3, -0.25) is 67.5 Å². The summed E-state index contributed by atoms with van der Waals surface area (Å²) in [5.74, 6) is -9.91. The van der Waals surface area contributed by atoms with Crippen molar-refractivity contribution in [2.24, 2.45) is 61.6 Å². The monoisotopic (exact) mass is 1580 g/mol. The first-order valence-electron chi connectivity index (χ1n) is 38.3. The van der Waals surface area contributed by atoms with Crippen LogP contribution < -0.4 is 115 Å². The Morgan fingerprint density at radius 3 is 1.46 bits per heavy atom. The first kappa shape index (κ1) is 96.1. The summed E-state index contributed by atoms with van der Waals surface area (Å²) in [6.07, 6.45) is 5.70. The van der Waals surface area contributed by atoms with Crippen LogP contribution in [0.3, 0.4) is 0 Å². The molecule has 12 amide bonds. The van der Waals surface area contributed by atoms with Gasteiger partial charge in [-0.05, 0) is 190 Å². The minimum Gasteiger partial charge on any atom is -0.508 e. The summed E-state index contributed by atoms with van der Waals surface area (Å²) >= 11 is 0. The lowest BCUT2D eigenvalue weighted by molar-refractivity contribution is -0.142. The highest BCUT2D eigenvalue weighted by Gasteiger charge is 2.40.